The summed E-state index contributed by atoms with van der Waals surface area (Å²) in [7, 11) is 0. The van der Waals surface area contributed by atoms with E-state index in [9.17, 15) is 9.59 Å². The van der Waals surface area contributed by atoms with E-state index >= 15 is 0 Å². The number of nitrogens with zero attached hydrogens (tertiary/aromatic N) is 1. The van der Waals surface area contributed by atoms with Crippen molar-refractivity contribution in [2.75, 3.05) is 19.8 Å². The van der Waals surface area contributed by atoms with Crippen LogP contribution in [0.2, 0.25) is 0 Å². The molecule has 5 heteroatoms. The van der Waals surface area contributed by atoms with Crippen LogP contribution in [0.5, 0.6) is 0 Å². The predicted molar refractivity (Wildman–Crippen MR) is 62.1 cm³/mol. The molecule has 0 radical (unpaired) electrons. The molecule has 0 aromatic carbocycles. The molecule has 1 fully saturated rings. The first kappa shape index (κ1) is 13.5. The molecule has 17 heavy (non-hydrogen) atoms. The summed E-state index contributed by atoms with van der Waals surface area (Å²) in [6.07, 6.45) is 4.66. The van der Waals surface area contributed by atoms with Gasteiger partial charge in [0, 0.05) is 18.8 Å². The fourth-order valence-electron chi connectivity index (χ4n) is 1.81. The molecule has 0 spiro atoms. The summed E-state index contributed by atoms with van der Waals surface area (Å²) in [4.78, 5) is 24.6. The number of hydrogen-bond donors (Lipinski definition) is 0. The molecule has 0 saturated carbocycles. The Balaban J connectivity index is 2.51. The van der Waals surface area contributed by atoms with Crippen molar-refractivity contribution in [3.05, 3.63) is 12.3 Å². The number of hydrogen-bond acceptors (Lipinski definition) is 5. The van der Waals surface area contributed by atoms with Crippen LogP contribution in [0, 0.1) is 0 Å². The standard InChI is InChI=1S/C12H19NO4/c1-3-16-11(14)7-9-13-8-5-6-10(13)12(15)17-4-2/h7,9-10H,3-6,8H2,1-2H3/b9-7+/t10-/m0/s1. The van der Waals surface area contributed by atoms with Crippen molar-refractivity contribution < 1.29 is 19.1 Å². The maximum atomic E-state index is 11.6. The Labute approximate surface area is 101 Å². The molecule has 1 aliphatic heterocycles. The van der Waals surface area contributed by atoms with Crippen LogP contribution in [0.1, 0.15) is 26.7 Å². The second-order valence-electron chi connectivity index (χ2n) is 3.72. The third kappa shape index (κ3) is 4.09. The van der Waals surface area contributed by atoms with Gasteiger partial charge in [0.25, 0.3) is 0 Å². The molecule has 96 valence electrons. The molecular formula is C12H19NO4. The van der Waals surface area contributed by atoms with E-state index in [1.165, 1.54) is 6.08 Å². The number of carbonyl (C=O) groups is 2. The number of carbonyl (C=O) groups excluding carboxylic acids is 2. The van der Waals surface area contributed by atoms with Gasteiger partial charge in [-0.3, -0.25) is 0 Å². The third-order valence-corrected chi connectivity index (χ3v) is 2.54. The molecule has 0 aromatic heterocycles. The molecule has 0 N–H and O–H groups in total. The van der Waals surface area contributed by atoms with Crippen LogP contribution < -0.4 is 0 Å². The van der Waals surface area contributed by atoms with Gasteiger partial charge in [-0.05, 0) is 26.7 Å². The van der Waals surface area contributed by atoms with Crippen LogP contribution in [-0.2, 0) is 19.1 Å². The number of likely N-dealkylation sites (tertiary alicyclic amines) is 1. The van der Waals surface area contributed by atoms with Crippen LogP contribution in [0.15, 0.2) is 12.3 Å². The van der Waals surface area contributed by atoms with E-state index in [0.29, 0.717) is 13.2 Å². The normalized spacial score (nSPS) is 19.6. The lowest BCUT2D eigenvalue weighted by Crippen LogP contribution is -2.33. The third-order valence-electron chi connectivity index (χ3n) is 2.54. The van der Waals surface area contributed by atoms with Crippen LogP contribution in [0.3, 0.4) is 0 Å². The summed E-state index contributed by atoms with van der Waals surface area (Å²) in [6.45, 7) is 5.03. The maximum Gasteiger partial charge on any atom is 0.332 e. The highest BCUT2D eigenvalue weighted by molar-refractivity contribution is 5.82. The van der Waals surface area contributed by atoms with Crippen molar-refractivity contribution >= 4 is 11.9 Å². The molecule has 1 atom stereocenters. The van der Waals surface area contributed by atoms with Crippen molar-refractivity contribution in [1.29, 1.82) is 0 Å². The smallest absolute Gasteiger partial charge is 0.332 e. The lowest BCUT2D eigenvalue weighted by Gasteiger charge is -2.20. The van der Waals surface area contributed by atoms with E-state index in [0.717, 1.165) is 19.4 Å². The number of ether oxygens (including phenoxy) is 2. The second kappa shape index (κ2) is 6.93. The molecule has 0 aromatic rings. The van der Waals surface area contributed by atoms with E-state index < -0.39 is 0 Å². The Kier molecular flexibility index (Phi) is 5.52. The summed E-state index contributed by atoms with van der Waals surface area (Å²) in [6, 6.07) is -0.263. The highest BCUT2D eigenvalue weighted by Gasteiger charge is 2.29. The molecule has 1 heterocycles. The van der Waals surface area contributed by atoms with Gasteiger partial charge in [-0.25, -0.2) is 9.59 Å². The van der Waals surface area contributed by atoms with Crippen LogP contribution >= 0.6 is 0 Å². The van der Waals surface area contributed by atoms with Gasteiger partial charge in [-0.15, -0.1) is 0 Å². The van der Waals surface area contributed by atoms with Gasteiger partial charge in [0.2, 0.25) is 0 Å². The van der Waals surface area contributed by atoms with Crippen molar-refractivity contribution in [3.8, 4) is 0 Å². The van der Waals surface area contributed by atoms with Gasteiger partial charge in [0.15, 0.2) is 0 Å². The Bertz CT molecular complexity index is 301. The largest absolute Gasteiger partial charge is 0.464 e. The molecule has 1 saturated heterocycles. The summed E-state index contributed by atoms with van der Waals surface area (Å²) in [5, 5.41) is 0. The molecule has 1 aliphatic rings. The minimum Gasteiger partial charge on any atom is -0.464 e. The molecule has 0 amide bonds. The Hall–Kier alpha value is -1.52. The fourth-order valence-corrected chi connectivity index (χ4v) is 1.81. The highest BCUT2D eigenvalue weighted by Crippen LogP contribution is 2.18. The summed E-state index contributed by atoms with van der Waals surface area (Å²) >= 11 is 0. The lowest BCUT2D eigenvalue weighted by atomic mass is 10.2. The SMILES string of the molecule is CCOC(=O)/C=C/N1CCC[C@H]1C(=O)OCC. The molecule has 0 bridgehead atoms. The highest BCUT2D eigenvalue weighted by atomic mass is 16.5. The molecule has 0 aliphatic carbocycles. The Morgan fingerprint density at radius 2 is 2.00 bits per heavy atom. The van der Waals surface area contributed by atoms with Gasteiger partial charge in [0.05, 0.1) is 13.2 Å². The summed E-state index contributed by atoms with van der Waals surface area (Å²) in [5.41, 5.74) is 0. The van der Waals surface area contributed by atoms with Gasteiger partial charge >= 0.3 is 11.9 Å². The van der Waals surface area contributed by atoms with Crippen molar-refractivity contribution in [2.24, 2.45) is 0 Å². The topological polar surface area (TPSA) is 55.8 Å². The second-order valence-corrected chi connectivity index (χ2v) is 3.72. The fraction of sp³-hybridized carbons (Fsp3) is 0.667. The van der Waals surface area contributed by atoms with Crippen LogP contribution in [-0.4, -0.2) is 42.6 Å². The van der Waals surface area contributed by atoms with Gasteiger partial charge in [-0.1, -0.05) is 0 Å². The van der Waals surface area contributed by atoms with Crippen molar-refractivity contribution in [1.82, 2.24) is 4.90 Å². The van der Waals surface area contributed by atoms with Crippen molar-refractivity contribution in [3.63, 3.8) is 0 Å². The predicted octanol–water partition coefficient (Wildman–Crippen LogP) is 1.09. The minimum atomic E-state index is -0.387. The van der Waals surface area contributed by atoms with Gasteiger partial charge < -0.3 is 14.4 Å². The first-order valence-corrected chi connectivity index (χ1v) is 5.96. The zero-order valence-electron chi connectivity index (χ0n) is 10.3. The van der Waals surface area contributed by atoms with E-state index in [2.05, 4.69) is 0 Å². The molecule has 1 rings (SSSR count). The number of esters is 2. The number of rotatable bonds is 5. The maximum absolute atomic E-state index is 11.6. The summed E-state index contributed by atoms with van der Waals surface area (Å²) < 4.78 is 9.76. The first-order chi connectivity index (χ1) is 8.19. The zero-order valence-corrected chi connectivity index (χ0v) is 10.3. The monoisotopic (exact) mass is 241 g/mol. The van der Waals surface area contributed by atoms with E-state index in [1.807, 2.05) is 4.90 Å². The average Bonchev–Trinajstić information content (AvgIpc) is 2.75. The van der Waals surface area contributed by atoms with E-state index in [4.69, 9.17) is 9.47 Å². The lowest BCUT2D eigenvalue weighted by molar-refractivity contribution is -0.147. The Morgan fingerprint density at radius 3 is 2.65 bits per heavy atom. The first-order valence-electron chi connectivity index (χ1n) is 5.96. The molecular weight excluding hydrogens is 222 g/mol. The van der Waals surface area contributed by atoms with Crippen LogP contribution in [0.4, 0.5) is 0 Å². The summed E-state index contributed by atoms with van der Waals surface area (Å²) in [5.74, 6) is -0.611. The average molecular weight is 241 g/mol. The van der Waals surface area contributed by atoms with E-state index in [-0.39, 0.29) is 18.0 Å². The minimum absolute atomic E-state index is 0.224. The van der Waals surface area contributed by atoms with Gasteiger partial charge in [-0.2, -0.15) is 0 Å². The zero-order chi connectivity index (χ0) is 12.7. The van der Waals surface area contributed by atoms with Crippen LogP contribution in [0.25, 0.3) is 0 Å². The quantitative estimate of drug-likeness (QED) is 0.532. The van der Waals surface area contributed by atoms with Gasteiger partial charge in [0.1, 0.15) is 6.04 Å². The van der Waals surface area contributed by atoms with E-state index in [1.54, 1.807) is 20.0 Å². The molecule has 0 unspecified atom stereocenters. The Morgan fingerprint density at radius 1 is 1.29 bits per heavy atom. The molecule has 5 nitrogen and oxygen atoms in total. The van der Waals surface area contributed by atoms with Crippen molar-refractivity contribution in [2.45, 2.75) is 32.7 Å².